The Bertz CT molecular complexity index is 905. The van der Waals surface area contributed by atoms with Crippen LogP contribution in [0.2, 0.25) is 5.02 Å². The summed E-state index contributed by atoms with van der Waals surface area (Å²) < 4.78 is 38.3. The fraction of sp³-hybridized carbons (Fsp3) is 0.368. The van der Waals surface area contributed by atoms with Crippen molar-refractivity contribution in [2.24, 2.45) is 0 Å². The number of aryl methyl sites for hydroxylation is 1. The van der Waals surface area contributed by atoms with Gasteiger partial charge in [0, 0.05) is 32.2 Å². The first-order valence-corrected chi connectivity index (χ1v) is 10.4. The van der Waals surface area contributed by atoms with Gasteiger partial charge < -0.3 is 14.4 Å². The molecule has 2 aromatic carbocycles. The molecule has 0 bridgehead atoms. The molecule has 3 rings (SSSR count). The molecule has 0 aromatic heterocycles. The Labute approximate surface area is 165 Å². The van der Waals surface area contributed by atoms with E-state index in [4.69, 9.17) is 21.1 Å². The van der Waals surface area contributed by atoms with Gasteiger partial charge in [-0.1, -0.05) is 23.7 Å². The van der Waals surface area contributed by atoms with Crippen molar-refractivity contribution in [1.29, 1.82) is 0 Å². The maximum atomic E-state index is 13.1. The van der Waals surface area contributed by atoms with E-state index in [0.717, 1.165) is 5.69 Å². The van der Waals surface area contributed by atoms with E-state index in [-0.39, 0.29) is 9.92 Å². The number of ether oxygens (including phenoxy) is 2. The van der Waals surface area contributed by atoms with Gasteiger partial charge in [0.25, 0.3) is 0 Å². The molecule has 27 heavy (non-hydrogen) atoms. The van der Waals surface area contributed by atoms with E-state index >= 15 is 0 Å². The normalized spacial score (nSPS) is 15.6. The van der Waals surface area contributed by atoms with Gasteiger partial charge in [-0.05, 0) is 30.7 Å². The predicted molar refractivity (Wildman–Crippen MR) is 107 cm³/mol. The number of methoxy groups -OCH3 is 2. The van der Waals surface area contributed by atoms with Crippen LogP contribution in [0.5, 0.6) is 11.5 Å². The minimum absolute atomic E-state index is 0.196. The van der Waals surface area contributed by atoms with Crippen molar-refractivity contribution in [2.75, 3.05) is 45.3 Å². The fourth-order valence-electron chi connectivity index (χ4n) is 3.29. The summed E-state index contributed by atoms with van der Waals surface area (Å²) in [6.07, 6.45) is 0. The number of nitrogens with zero attached hydrogens (tertiary/aromatic N) is 2. The average Bonchev–Trinajstić information content (AvgIpc) is 2.67. The molecule has 0 atom stereocenters. The topological polar surface area (TPSA) is 59.1 Å². The lowest BCUT2D eigenvalue weighted by Crippen LogP contribution is -2.48. The van der Waals surface area contributed by atoms with Crippen molar-refractivity contribution in [3.63, 3.8) is 0 Å². The van der Waals surface area contributed by atoms with Crippen LogP contribution in [-0.4, -0.2) is 53.1 Å². The maximum Gasteiger partial charge on any atom is 0.244 e. The largest absolute Gasteiger partial charge is 0.497 e. The lowest BCUT2D eigenvalue weighted by atomic mass is 10.2. The summed E-state index contributed by atoms with van der Waals surface area (Å²) in [5.74, 6) is 1.42. The second-order valence-corrected chi connectivity index (χ2v) is 8.60. The molecule has 1 heterocycles. The van der Waals surface area contributed by atoms with Gasteiger partial charge in [0.1, 0.15) is 16.4 Å². The molecule has 1 aliphatic rings. The summed E-state index contributed by atoms with van der Waals surface area (Å²) in [7, 11) is -0.416. The van der Waals surface area contributed by atoms with Gasteiger partial charge in [-0.2, -0.15) is 4.31 Å². The molecule has 0 N–H and O–H groups in total. The zero-order chi connectivity index (χ0) is 19.6. The van der Waals surface area contributed by atoms with Gasteiger partial charge in [0.05, 0.1) is 24.9 Å². The first kappa shape index (κ1) is 19.8. The van der Waals surface area contributed by atoms with Crippen LogP contribution < -0.4 is 14.4 Å². The van der Waals surface area contributed by atoms with Gasteiger partial charge in [-0.3, -0.25) is 0 Å². The Balaban J connectivity index is 1.80. The van der Waals surface area contributed by atoms with Gasteiger partial charge in [-0.25, -0.2) is 8.42 Å². The molecule has 0 unspecified atom stereocenters. The van der Waals surface area contributed by atoms with Crippen LogP contribution in [0.1, 0.15) is 5.56 Å². The van der Waals surface area contributed by atoms with Crippen LogP contribution in [0, 0.1) is 6.92 Å². The van der Waals surface area contributed by atoms with Gasteiger partial charge in [0.15, 0.2) is 0 Å². The molecule has 0 spiro atoms. The Morgan fingerprint density at radius 2 is 1.70 bits per heavy atom. The lowest BCUT2D eigenvalue weighted by molar-refractivity contribution is 0.375. The van der Waals surface area contributed by atoms with E-state index in [9.17, 15) is 8.42 Å². The Hall–Kier alpha value is -1.96. The number of rotatable bonds is 5. The molecular weight excluding hydrogens is 388 g/mol. The van der Waals surface area contributed by atoms with Crippen LogP contribution in [0.4, 0.5) is 5.69 Å². The third-order valence-electron chi connectivity index (χ3n) is 4.73. The van der Waals surface area contributed by atoms with Gasteiger partial charge in [-0.15, -0.1) is 0 Å². The summed E-state index contributed by atoms with van der Waals surface area (Å²) in [6, 6.07) is 10.8. The van der Waals surface area contributed by atoms with Gasteiger partial charge in [0.2, 0.25) is 10.0 Å². The monoisotopic (exact) mass is 410 g/mol. The van der Waals surface area contributed by atoms with E-state index < -0.39 is 10.0 Å². The van der Waals surface area contributed by atoms with Crippen molar-refractivity contribution >= 4 is 27.3 Å². The number of hydrogen-bond acceptors (Lipinski definition) is 5. The fourth-order valence-corrected chi connectivity index (χ4v) is 5.49. The number of anilines is 1. The Morgan fingerprint density at radius 3 is 2.30 bits per heavy atom. The maximum absolute atomic E-state index is 13.1. The van der Waals surface area contributed by atoms with Crippen LogP contribution in [-0.2, 0) is 10.0 Å². The molecule has 1 aliphatic heterocycles. The third kappa shape index (κ3) is 3.85. The first-order valence-electron chi connectivity index (χ1n) is 8.60. The molecule has 8 heteroatoms. The number of piperazine rings is 1. The Kier molecular flexibility index (Phi) is 5.83. The minimum atomic E-state index is -3.63. The van der Waals surface area contributed by atoms with Crippen molar-refractivity contribution in [2.45, 2.75) is 11.8 Å². The second-order valence-electron chi connectivity index (χ2n) is 6.31. The average molecular weight is 411 g/mol. The summed E-state index contributed by atoms with van der Waals surface area (Å²) in [4.78, 5) is 2.31. The summed E-state index contributed by atoms with van der Waals surface area (Å²) in [5.41, 5.74) is 1.58. The summed E-state index contributed by atoms with van der Waals surface area (Å²) in [5, 5.41) is 0.259. The van der Waals surface area contributed by atoms with E-state index in [0.29, 0.717) is 43.2 Å². The number of halogens is 1. The Morgan fingerprint density at radius 1 is 1.00 bits per heavy atom. The quantitative estimate of drug-likeness (QED) is 0.757. The standard InChI is InChI=1S/C19H23ClN2O4S/c1-14-5-4-6-16(20)19(14)27(23,24)22-11-9-21(10-12-22)17-8-7-15(25-2)13-18(17)26-3/h4-8,13H,9-12H2,1-3H3. The highest BCUT2D eigenvalue weighted by atomic mass is 35.5. The molecule has 6 nitrogen and oxygen atoms in total. The SMILES string of the molecule is COc1ccc(N2CCN(S(=O)(=O)c3c(C)cccc3Cl)CC2)c(OC)c1. The van der Waals surface area contributed by atoms with Crippen molar-refractivity contribution < 1.29 is 17.9 Å². The minimum Gasteiger partial charge on any atom is -0.497 e. The molecule has 0 radical (unpaired) electrons. The van der Waals surface area contributed by atoms with E-state index in [2.05, 4.69) is 4.90 Å². The lowest BCUT2D eigenvalue weighted by Gasteiger charge is -2.36. The smallest absolute Gasteiger partial charge is 0.244 e. The molecule has 146 valence electrons. The highest BCUT2D eigenvalue weighted by molar-refractivity contribution is 7.89. The molecule has 0 aliphatic carbocycles. The highest BCUT2D eigenvalue weighted by Gasteiger charge is 2.31. The zero-order valence-corrected chi connectivity index (χ0v) is 17.2. The van der Waals surface area contributed by atoms with Crippen molar-refractivity contribution in [3.05, 3.63) is 47.0 Å². The molecular formula is C19H23ClN2O4S. The molecule has 0 amide bonds. The number of hydrogen-bond donors (Lipinski definition) is 0. The first-order chi connectivity index (χ1) is 12.9. The second kappa shape index (κ2) is 7.96. The van der Waals surface area contributed by atoms with Crippen molar-refractivity contribution in [1.82, 2.24) is 4.31 Å². The molecule has 2 aromatic rings. The van der Waals surface area contributed by atoms with E-state index in [1.54, 1.807) is 39.3 Å². The third-order valence-corrected chi connectivity index (χ3v) is 7.26. The molecule has 1 saturated heterocycles. The number of sulfonamides is 1. The van der Waals surface area contributed by atoms with E-state index in [1.165, 1.54) is 4.31 Å². The highest BCUT2D eigenvalue weighted by Crippen LogP contribution is 2.34. The van der Waals surface area contributed by atoms with Crippen LogP contribution in [0.3, 0.4) is 0 Å². The summed E-state index contributed by atoms with van der Waals surface area (Å²) >= 11 is 6.18. The van der Waals surface area contributed by atoms with Crippen LogP contribution in [0.15, 0.2) is 41.3 Å². The van der Waals surface area contributed by atoms with Crippen molar-refractivity contribution in [3.8, 4) is 11.5 Å². The molecule has 0 saturated carbocycles. The summed E-state index contributed by atoms with van der Waals surface area (Å²) in [6.45, 7) is 3.64. The van der Waals surface area contributed by atoms with Crippen LogP contribution in [0.25, 0.3) is 0 Å². The van der Waals surface area contributed by atoms with Gasteiger partial charge >= 0.3 is 0 Å². The predicted octanol–water partition coefficient (Wildman–Crippen LogP) is 3.18. The number of benzene rings is 2. The van der Waals surface area contributed by atoms with E-state index in [1.807, 2.05) is 18.2 Å². The van der Waals surface area contributed by atoms with Crippen LogP contribution >= 0.6 is 11.6 Å². The zero-order valence-electron chi connectivity index (χ0n) is 15.6. The molecule has 1 fully saturated rings.